The lowest BCUT2D eigenvalue weighted by atomic mass is 9.80. The second kappa shape index (κ2) is 16.6. The number of para-hydroxylation sites is 1. The lowest BCUT2D eigenvalue weighted by Crippen LogP contribution is -2.66. The third-order valence-electron chi connectivity index (χ3n) is 8.05. The van der Waals surface area contributed by atoms with Gasteiger partial charge in [0.25, 0.3) is 5.91 Å². The number of amides is 6. The van der Waals surface area contributed by atoms with Crippen molar-refractivity contribution in [3.05, 3.63) is 29.8 Å². The predicted molar refractivity (Wildman–Crippen MR) is 168 cm³/mol. The van der Waals surface area contributed by atoms with Crippen LogP contribution < -0.4 is 38.5 Å². The zero-order chi connectivity index (χ0) is 34.7. The summed E-state index contributed by atoms with van der Waals surface area (Å²) in [4.78, 5) is 89.1. The fourth-order valence-corrected chi connectivity index (χ4v) is 5.48. The molecule has 0 aromatic heterocycles. The molecule has 2 rings (SSSR count). The molecule has 1 aromatic carbocycles. The Labute approximate surface area is 268 Å². The van der Waals surface area contributed by atoms with E-state index in [1.165, 1.54) is 19.1 Å². The molecule has 0 spiro atoms. The highest BCUT2D eigenvalue weighted by atomic mass is 16.4. The van der Waals surface area contributed by atoms with Crippen LogP contribution in [0.3, 0.4) is 0 Å². The van der Waals surface area contributed by atoms with E-state index in [1.807, 2.05) is 13.8 Å². The number of benzene rings is 1. The molecule has 0 saturated heterocycles. The Bertz CT molecular complexity index is 1310. The van der Waals surface area contributed by atoms with Crippen LogP contribution in [0.1, 0.15) is 95.3 Å². The predicted octanol–water partition coefficient (Wildman–Crippen LogP) is 0.208. The van der Waals surface area contributed by atoms with Gasteiger partial charge in [-0.25, -0.2) is 0 Å². The van der Waals surface area contributed by atoms with Gasteiger partial charge in [-0.3, -0.25) is 33.6 Å². The van der Waals surface area contributed by atoms with E-state index in [0.717, 1.165) is 6.42 Å². The summed E-state index contributed by atoms with van der Waals surface area (Å²) in [6, 6.07) is 3.72. The lowest BCUT2D eigenvalue weighted by molar-refractivity contribution is -0.139. The summed E-state index contributed by atoms with van der Waals surface area (Å²) < 4.78 is 0. The third kappa shape index (κ3) is 10.7. The van der Waals surface area contributed by atoms with Crippen LogP contribution in [0.15, 0.2) is 24.3 Å². The Hall–Kier alpha value is -4.69. The van der Waals surface area contributed by atoms with E-state index in [0.29, 0.717) is 12.8 Å². The maximum absolute atomic E-state index is 13.9. The maximum atomic E-state index is 13.9. The van der Waals surface area contributed by atoms with Gasteiger partial charge >= 0.3 is 5.97 Å². The average Bonchev–Trinajstić information content (AvgIpc) is 2.96. The number of hydrogen-bond donors (Lipinski definition) is 8. The fraction of sp³-hybridized carbons (Fsp3) is 0.581. The number of hydrogen-bond acceptors (Lipinski definition) is 8. The molecule has 15 heteroatoms. The molecule has 6 amide bonds. The first-order chi connectivity index (χ1) is 21.5. The number of anilines is 1. The number of primary amides is 2. The summed E-state index contributed by atoms with van der Waals surface area (Å²) in [5.74, 6) is -5.76. The SMILES string of the molecule is CC(C)C[C@H](NC(=O)[C@](C)(CCCC(=O)O)NC(=O)c1ccccc1N)C(=O)NC1(C(=O)N[C@@H](CC(N)=O)C(N)=O)CCCCC1. The van der Waals surface area contributed by atoms with Crippen molar-refractivity contribution >= 4 is 47.1 Å². The Kier molecular flexibility index (Phi) is 13.5. The van der Waals surface area contributed by atoms with Crippen molar-refractivity contribution in [3.63, 3.8) is 0 Å². The topological polar surface area (TPSA) is 266 Å². The molecule has 3 atom stereocenters. The number of nitrogen functional groups attached to an aromatic ring is 1. The van der Waals surface area contributed by atoms with Gasteiger partial charge in [-0.05, 0) is 57.1 Å². The maximum Gasteiger partial charge on any atom is 0.303 e. The van der Waals surface area contributed by atoms with Crippen molar-refractivity contribution in [2.45, 2.75) is 108 Å². The molecule has 0 heterocycles. The van der Waals surface area contributed by atoms with Crippen molar-refractivity contribution in [2.75, 3.05) is 5.73 Å². The molecule has 1 aliphatic carbocycles. The number of carboxylic acid groups (broad SMARTS) is 1. The van der Waals surface area contributed by atoms with Crippen molar-refractivity contribution < 1.29 is 38.7 Å². The molecule has 0 bridgehead atoms. The first-order valence-electron chi connectivity index (χ1n) is 15.4. The second-order valence-corrected chi connectivity index (χ2v) is 12.5. The molecule has 46 heavy (non-hydrogen) atoms. The molecule has 1 aromatic rings. The van der Waals surface area contributed by atoms with Gasteiger partial charge in [0.2, 0.25) is 29.5 Å². The average molecular weight is 646 g/mol. The summed E-state index contributed by atoms with van der Waals surface area (Å²) in [6.07, 6.45) is 1.79. The summed E-state index contributed by atoms with van der Waals surface area (Å²) in [5.41, 5.74) is 13.7. The van der Waals surface area contributed by atoms with E-state index in [4.69, 9.17) is 17.2 Å². The van der Waals surface area contributed by atoms with Crippen LogP contribution in [0.25, 0.3) is 0 Å². The highest BCUT2D eigenvalue weighted by Crippen LogP contribution is 2.29. The molecule has 11 N–H and O–H groups in total. The molecule has 15 nitrogen and oxygen atoms in total. The van der Waals surface area contributed by atoms with E-state index in [2.05, 4.69) is 21.3 Å². The van der Waals surface area contributed by atoms with Gasteiger partial charge in [-0.15, -0.1) is 0 Å². The Balaban J connectivity index is 2.36. The molecule has 1 fully saturated rings. The smallest absolute Gasteiger partial charge is 0.303 e. The summed E-state index contributed by atoms with van der Waals surface area (Å²) in [5, 5.41) is 19.8. The van der Waals surface area contributed by atoms with E-state index in [-0.39, 0.29) is 55.7 Å². The minimum Gasteiger partial charge on any atom is -0.481 e. The van der Waals surface area contributed by atoms with Crippen LogP contribution in [0.4, 0.5) is 5.69 Å². The Morgan fingerprint density at radius 3 is 2.13 bits per heavy atom. The van der Waals surface area contributed by atoms with Gasteiger partial charge in [0, 0.05) is 12.1 Å². The van der Waals surface area contributed by atoms with Gasteiger partial charge in [-0.1, -0.05) is 45.2 Å². The van der Waals surface area contributed by atoms with Crippen LogP contribution in [-0.4, -0.2) is 69.7 Å². The summed E-state index contributed by atoms with van der Waals surface area (Å²) >= 11 is 0. The minimum absolute atomic E-state index is 0.0421. The van der Waals surface area contributed by atoms with Gasteiger partial charge in [-0.2, -0.15) is 0 Å². The third-order valence-corrected chi connectivity index (χ3v) is 8.05. The van der Waals surface area contributed by atoms with Crippen molar-refractivity contribution in [3.8, 4) is 0 Å². The molecule has 0 unspecified atom stereocenters. The Morgan fingerprint density at radius 2 is 1.59 bits per heavy atom. The van der Waals surface area contributed by atoms with Gasteiger partial charge in [0.05, 0.1) is 12.0 Å². The van der Waals surface area contributed by atoms with Crippen LogP contribution in [-0.2, 0) is 28.8 Å². The highest BCUT2D eigenvalue weighted by molar-refractivity contribution is 6.03. The van der Waals surface area contributed by atoms with Crippen LogP contribution >= 0.6 is 0 Å². The first kappa shape index (κ1) is 37.5. The molecule has 1 aliphatic rings. The van der Waals surface area contributed by atoms with Crippen LogP contribution in [0.2, 0.25) is 0 Å². The van der Waals surface area contributed by atoms with Gasteiger partial charge in [0.1, 0.15) is 23.2 Å². The quantitative estimate of drug-likeness (QED) is 0.107. The molecular formula is C31H47N7O8. The number of carbonyl (C=O) groups excluding carboxylic acids is 6. The summed E-state index contributed by atoms with van der Waals surface area (Å²) in [7, 11) is 0. The van der Waals surface area contributed by atoms with Gasteiger partial charge < -0.3 is 43.6 Å². The lowest BCUT2D eigenvalue weighted by Gasteiger charge is -2.39. The highest BCUT2D eigenvalue weighted by Gasteiger charge is 2.44. The normalized spacial score (nSPS) is 16.6. The van der Waals surface area contributed by atoms with E-state index < -0.39 is 71.0 Å². The number of aliphatic carboxylic acids is 1. The van der Waals surface area contributed by atoms with Crippen LogP contribution in [0, 0.1) is 5.92 Å². The molecule has 254 valence electrons. The number of nitrogens with one attached hydrogen (secondary N) is 4. The van der Waals surface area contributed by atoms with Crippen molar-refractivity contribution in [2.24, 2.45) is 17.4 Å². The largest absolute Gasteiger partial charge is 0.481 e. The number of carboxylic acids is 1. The molecular weight excluding hydrogens is 598 g/mol. The monoisotopic (exact) mass is 645 g/mol. The standard InChI is InChI=1S/C31H47N7O8/c1-18(2)16-22(27(44)38-31(14-7-4-8-15-31)29(46)35-21(25(34)42)17-23(33)39)36-28(45)30(3,13-9-12-24(40)41)37-26(43)19-10-5-6-11-20(19)32/h5-6,10-11,18,21-22H,4,7-9,12-17,32H2,1-3H3,(H2,33,39)(H2,34,42)(H,35,46)(H,36,45)(H,37,43)(H,38,44)(H,40,41)/t21-,22-,30-/m0/s1. The summed E-state index contributed by atoms with van der Waals surface area (Å²) in [6.45, 7) is 5.11. The number of nitrogens with two attached hydrogens (primary N) is 3. The number of rotatable bonds is 17. The first-order valence-corrected chi connectivity index (χ1v) is 15.4. The minimum atomic E-state index is -1.65. The van der Waals surface area contributed by atoms with E-state index >= 15 is 0 Å². The van der Waals surface area contributed by atoms with Crippen molar-refractivity contribution in [1.82, 2.24) is 21.3 Å². The Morgan fingerprint density at radius 1 is 0.957 bits per heavy atom. The fourth-order valence-electron chi connectivity index (χ4n) is 5.48. The zero-order valence-electron chi connectivity index (χ0n) is 26.6. The van der Waals surface area contributed by atoms with E-state index in [1.54, 1.807) is 12.1 Å². The second-order valence-electron chi connectivity index (χ2n) is 12.5. The van der Waals surface area contributed by atoms with E-state index in [9.17, 15) is 38.7 Å². The zero-order valence-corrected chi connectivity index (χ0v) is 26.6. The molecule has 0 radical (unpaired) electrons. The van der Waals surface area contributed by atoms with Crippen molar-refractivity contribution in [1.29, 1.82) is 0 Å². The molecule has 0 aliphatic heterocycles. The molecule has 1 saturated carbocycles. The number of carbonyl (C=O) groups is 7. The van der Waals surface area contributed by atoms with Crippen LogP contribution in [0.5, 0.6) is 0 Å². The van der Waals surface area contributed by atoms with Gasteiger partial charge in [0.15, 0.2) is 0 Å².